The molecule has 0 fully saturated rings. The molecule has 0 unspecified atom stereocenters. The minimum absolute atomic E-state index is 0.00214. The number of benzene rings is 3. The average Bonchev–Trinajstić information content (AvgIpc) is 2.71. The highest BCUT2D eigenvalue weighted by atomic mass is 16.5. The summed E-state index contributed by atoms with van der Waals surface area (Å²) < 4.78 is 11.4. The molecule has 28 heavy (non-hydrogen) atoms. The second kappa shape index (κ2) is 9.37. The highest BCUT2D eigenvalue weighted by Gasteiger charge is 2.09. The number of anilines is 1. The van der Waals surface area contributed by atoms with E-state index in [9.17, 15) is 9.59 Å². The molecular weight excluding hydrogens is 354 g/mol. The van der Waals surface area contributed by atoms with Crippen molar-refractivity contribution in [3.8, 4) is 17.2 Å². The zero-order valence-corrected chi connectivity index (χ0v) is 15.6. The van der Waals surface area contributed by atoms with Crippen molar-refractivity contribution in [2.24, 2.45) is 0 Å². The number of rotatable bonds is 8. The molecular formula is C23H21NO4. The van der Waals surface area contributed by atoms with Gasteiger partial charge < -0.3 is 14.8 Å². The Hall–Kier alpha value is -3.60. The fourth-order valence-electron chi connectivity index (χ4n) is 2.53. The van der Waals surface area contributed by atoms with Gasteiger partial charge in [-0.3, -0.25) is 9.59 Å². The van der Waals surface area contributed by atoms with Crippen LogP contribution in [-0.4, -0.2) is 18.3 Å². The van der Waals surface area contributed by atoms with Crippen LogP contribution < -0.4 is 14.8 Å². The number of carbonyl (C=O) groups is 2. The molecule has 0 spiro atoms. The molecule has 5 nitrogen and oxygen atoms in total. The summed E-state index contributed by atoms with van der Waals surface area (Å²) in [7, 11) is 0. The van der Waals surface area contributed by atoms with E-state index in [2.05, 4.69) is 5.32 Å². The number of para-hydroxylation sites is 3. The Bertz CT molecular complexity index is 936. The zero-order chi connectivity index (χ0) is 19.8. The molecule has 0 radical (unpaired) electrons. The summed E-state index contributed by atoms with van der Waals surface area (Å²) in [6.45, 7) is 1.74. The first-order valence-corrected chi connectivity index (χ1v) is 8.97. The summed E-state index contributed by atoms with van der Waals surface area (Å²) in [4.78, 5) is 23.5. The molecule has 0 bridgehead atoms. The molecule has 0 aliphatic carbocycles. The molecule has 0 heterocycles. The maximum atomic E-state index is 12.3. The van der Waals surface area contributed by atoms with Crippen LogP contribution in [0.3, 0.4) is 0 Å². The zero-order valence-electron chi connectivity index (χ0n) is 15.6. The Balaban J connectivity index is 1.53. The van der Waals surface area contributed by atoms with Crippen molar-refractivity contribution < 1.29 is 19.1 Å². The van der Waals surface area contributed by atoms with Crippen molar-refractivity contribution in [3.63, 3.8) is 0 Å². The molecule has 3 rings (SSSR count). The van der Waals surface area contributed by atoms with Crippen molar-refractivity contribution in [1.29, 1.82) is 0 Å². The van der Waals surface area contributed by atoms with Crippen molar-refractivity contribution in [3.05, 3.63) is 84.4 Å². The first-order valence-electron chi connectivity index (χ1n) is 8.97. The maximum absolute atomic E-state index is 12.3. The van der Waals surface area contributed by atoms with E-state index in [1.807, 2.05) is 42.5 Å². The van der Waals surface area contributed by atoms with Crippen LogP contribution in [0.4, 0.5) is 5.69 Å². The molecule has 1 amide bonds. The lowest BCUT2D eigenvalue weighted by Gasteiger charge is -2.12. The van der Waals surface area contributed by atoms with Crippen LogP contribution in [0, 0.1) is 0 Å². The lowest BCUT2D eigenvalue weighted by Crippen LogP contribution is -2.15. The van der Waals surface area contributed by atoms with E-state index in [-0.39, 0.29) is 24.7 Å². The molecule has 1 N–H and O–H groups in total. The molecule has 0 atom stereocenters. The topological polar surface area (TPSA) is 64.6 Å². The van der Waals surface area contributed by atoms with E-state index < -0.39 is 0 Å². The lowest BCUT2D eigenvalue weighted by atomic mass is 10.1. The molecule has 142 valence electrons. The summed E-state index contributed by atoms with van der Waals surface area (Å²) in [5.74, 6) is 1.71. The Morgan fingerprint density at radius 3 is 2.21 bits per heavy atom. The highest BCUT2D eigenvalue weighted by molar-refractivity contribution is 5.94. The summed E-state index contributed by atoms with van der Waals surface area (Å²) in [5.41, 5.74) is 1.22. The van der Waals surface area contributed by atoms with Gasteiger partial charge in [0, 0.05) is 5.56 Å². The van der Waals surface area contributed by atoms with Crippen LogP contribution in [0.1, 0.15) is 23.7 Å². The highest BCUT2D eigenvalue weighted by Crippen LogP contribution is 2.29. The van der Waals surface area contributed by atoms with Gasteiger partial charge in [0.2, 0.25) is 5.91 Å². The number of Topliss-reactive ketones (excluding diaryl/α,β-unsaturated/α-hetero) is 1. The Kier molecular flexibility index (Phi) is 6.41. The van der Waals surface area contributed by atoms with Crippen molar-refractivity contribution in [1.82, 2.24) is 0 Å². The van der Waals surface area contributed by atoms with Gasteiger partial charge in [0.05, 0.1) is 18.7 Å². The summed E-state index contributed by atoms with van der Waals surface area (Å²) in [6, 6.07) is 23.5. The third kappa shape index (κ3) is 5.45. The molecule has 0 saturated carbocycles. The van der Waals surface area contributed by atoms with Crippen LogP contribution in [-0.2, 0) is 4.79 Å². The van der Waals surface area contributed by atoms with Gasteiger partial charge in [-0.1, -0.05) is 30.3 Å². The van der Waals surface area contributed by atoms with Crippen LogP contribution in [0.5, 0.6) is 17.2 Å². The van der Waals surface area contributed by atoms with E-state index in [1.165, 1.54) is 6.92 Å². The summed E-state index contributed by atoms with van der Waals surface area (Å²) in [6.07, 6.45) is 0.189. The molecule has 0 saturated heterocycles. The number of amides is 1. The maximum Gasteiger partial charge on any atom is 0.227 e. The lowest BCUT2D eigenvalue weighted by molar-refractivity contribution is -0.116. The van der Waals surface area contributed by atoms with Crippen LogP contribution in [0.15, 0.2) is 78.9 Å². The minimum atomic E-state index is -0.176. The van der Waals surface area contributed by atoms with E-state index in [0.717, 1.165) is 0 Å². The third-order valence-electron chi connectivity index (χ3n) is 3.99. The van der Waals surface area contributed by atoms with Gasteiger partial charge in [0.15, 0.2) is 11.5 Å². The molecule has 5 heteroatoms. The van der Waals surface area contributed by atoms with E-state index in [0.29, 0.717) is 28.5 Å². The minimum Gasteiger partial charge on any atom is -0.493 e. The van der Waals surface area contributed by atoms with E-state index in [4.69, 9.17) is 9.47 Å². The van der Waals surface area contributed by atoms with Gasteiger partial charge in [0.1, 0.15) is 11.5 Å². The largest absolute Gasteiger partial charge is 0.493 e. The Morgan fingerprint density at radius 1 is 0.821 bits per heavy atom. The Morgan fingerprint density at radius 2 is 1.50 bits per heavy atom. The Labute approximate surface area is 163 Å². The van der Waals surface area contributed by atoms with Crippen molar-refractivity contribution in [2.45, 2.75) is 13.3 Å². The van der Waals surface area contributed by atoms with Crippen molar-refractivity contribution >= 4 is 17.4 Å². The first kappa shape index (κ1) is 19.2. The second-order valence-corrected chi connectivity index (χ2v) is 6.14. The van der Waals surface area contributed by atoms with Crippen LogP contribution in [0.25, 0.3) is 0 Å². The molecule has 0 aromatic heterocycles. The van der Waals surface area contributed by atoms with Gasteiger partial charge in [-0.05, 0) is 55.5 Å². The molecule has 3 aromatic carbocycles. The van der Waals surface area contributed by atoms with Gasteiger partial charge in [-0.2, -0.15) is 0 Å². The third-order valence-corrected chi connectivity index (χ3v) is 3.99. The van der Waals surface area contributed by atoms with E-state index in [1.54, 1.807) is 36.4 Å². The van der Waals surface area contributed by atoms with Crippen molar-refractivity contribution in [2.75, 3.05) is 11.9 Å². The van der Waals surface area contributed by atoms with Gasteiger partial charge in [-0.15, -0.1) is 0 Å². The van der Waals surface area contributed by atoms with Crippen LogP contribution in [0.2, 0.25) is 0 Å². The number of ether oxygens (including phenoxy) is 2. The van der Waals surface area contributed by atoms with Gasteiger partial charge >= 0.3 is 0 Å². The smallest absolute Gasteiger partial charge is 0.227 e. The molecule has 0 aliphatic heterocycles. The van der Waals surface area contributed by atoms with Gasteiger partial charge in [0.25, 0.3) is 0 Å². The fraction of sp³-hybridized carbons (Fsp3) is 0.130. The predicted molar refractivity (Wildman–Crippen MR) is 108 cm³/mol. The summed E-state index contributed by atoms with van der Waals surface area (Å²) >= 11 is 0. The number of hydrogen-bond donors (Lipinski definition) is 1. The fourth-order valence-corrected chi connectivity index (χ4v) is 2.53. The second-order valence-electron chi connectivity index (χ2n) is 6.14. The number of nitrogens with one attached hydrogen (secondary N) is 1. The standard InChI is InChI=1S/C23H21NO4/c1-17(25)18-11-13-19(14-12-18)27-16-15-23(26)24-21-9-5-6-10-22(21)28-20-7-3-2-4-8-20/h2-14H,15-16H2,1H3,(H,24,26). The van der Waals surface area contributed by atoms with Gasteiger partial charge in [-0.25, -0.2) is 0 Å². The summed E-state index contributed by atoms with van der Waals surface area (Å²) in [5, 5.41) is 2.85. The molecule has 0 aliphatic rings. The predicted octanol–water partition coefficient (Wildman–Crippen LogP) is 5.09. The number of hydrogen-bond acceptors (Lipinski definition) is 4. The monoisotopic (exact) mass is 375 g/mol. The SMILES string of the molecule is CC(=O)c1ccc(OCCC(=O)Nc2ccccc2Oc2ccccc2)cc1. The van der Waals surface area contributed by atoms with E-state index >= 15 is 0 Å². The number of carbonyl (C=O) groups excluding carboxylic acids is 2. The molecule has 3 aromatic rings. The van der Waals surface area contributed by atoms with Crippen LogP contribution >= 0.6 is 0 Å². The average molecular weight is 375 g/mol. The quantitative estimate of drug-likeness (QED) is 0.557. The number of ketones is 1. The normalized spacial score (nSPS) is 10.2. The first-order chi connectivity index (χ1) is 13.6.